The normalized spacial score (nSPS) is 14.8. The quantitative estimate of drug-likeness (QED) is 0.792. The summed E-state index contributed by atoms with van der Waals surface area (Å²) in [5.74, 6) is 2.47. The van der Waals surface area contributed by atoms with Gasteiger partial charge in [-0.3, -0.25) is 4.68 Å². The highest BCUT2D eigenvalue weighted by Gasteiger charge is 2.37. The van der Waals surface area contributed by atoms with Crippen LogP contribution < -0.4 is 10.6 Å². The van der Waals surface area contributed by atoms with Crippen molar-refractivity contribution in [1.82, 2.24) is 19.7 Å². The van der Waals surface area contributed by atoms with E-state index < -0.39 is 17.3 Å². The zero-order valence-corrected chi connectivity index (χ0v) is 14.6. The van der Waals surface area contributed by atoms with E-state index in [1.54, 1.807) is 17.8 Å². The van der Waals surface area contributed by atoms with Gasteiger partial charge < -0.3 is 10.6 Å². The van der Waals surface area contributed by atoms with E-state index >= 15 is 0 Å². The Morgan fingerprint density at radius 2 is 2.00 bits per heavy atom. The van der Waals surface area contributed by atoms with Crippen LogP contribution in [0.4, 0.5) is 30.6 Å². The van der Waals surface area contributed by atoms with E-state index in [-0.39, 0.29) is 17.8 Å². The summed E-state index contributed by atoms with van der Waals surface area (Å²) in [7, 11) is 0. The number of aromatic nitrogens is 4. The lowest BCUT2D eigenvalue weighted by Gasteiger charge is -2.17. The Hall–Kier alpha value is -2.76. The summed E-state index contributed by atoms with van der Waals surface area (Å²) in [6.45, 7) is 5.42. The first-order valence-electron chi connectivity index (χ1n) is 8.12. The molecule has 2 aromatic heterocycles. The van der Waals surface area contributed by atoms with Crippen LogP contribution in [0.3, 0.4) is 0 Å². The number of rotatable bonds is 5. The Labute approximate surface area is 149 Å². The predicted octanol–water partition coefficient (Wildman–Crippen LogP) is 3.69. The summed E-state index contributed by atoms with van der Waals surface area (Å²) in [5, 5.41) is 10.1. The number of aryl methyl sites for hydroxylation is 1. The van der Waals surface area contributed by atoms with Gasteiger partial charge in [0.2, 0.25) is 5.95 Å². The molecule has 0 atom stereocenters. The van der Waals surface area contributed by atoms with Gasteiger partial charge in [-0.2, -0.15) is 23.3 Å². The Balaban J connectivity index is 1.90. The van der Waals surface area contributed by atoms with E-state index in [9.17, 15) is 13.2 Å². The molecule has 3 rings (SSSR count). The van der Waals surface area contributed by atoms with Crippen molar-refractivity contribution in [3.05, 3.63) is 23.7 Å². The predicted molar refractivity (Wildman–Crippen MR) is 92.1 cm³/mol. The maximum atomic E-state index is 13.1. The van der Waals surface area contributed by atoms with Gasteiger partial charge >= 0.3 is 6.18 Å². The number of anilines is 3. The van der Waals surface area contributed by atoms with Crippen LogP contribution in [0, 0.1) is 19.3 Å². The fourth-order valence-corrected chi connectivity index (χ4v) is 2.24. The number of terminal acetylenes is 1. The highest BCUT2D eigenvalue weighted by atomic mass is 19.4. The average molecular weight is 364 g/mol. The molecule has 0 bridgehead atoms. The van der Waals surface area contributed by atoms with E-state index in [2.05, 4.69) is 31.6 Å². The van der Waals surface area contributed by atoms with E-state index in [0.29, 0.717) is 11.4 Å². The molecule has 2 heterocycles. The van der Waals surface area contributed by atoms with Crippen LogP contribution in [0.25, 0.3) is 0 Å². The second kappa shape index (κ2) is 6.20. The van der Waals surface area contributed by atoms with E-state index in [1.165, 1.54) is 0 Å². The third kappa shape index (κ3) is 3.74. The molecule has 1 saturated carbocycles. The maximum absolute atomic E-state index is 13.1. The third-order valence-electron chi connectivity index (χ3n) is 4.08. The maximum Gasteiger partial charge on any atom is 0.421 e. The first-order valence-corrected chi connectivity index (χ1v) is 8.12. The van der Waals surface area contributed by atoms with Crippen molar-refractivity contribution in [1.29, 1.82) is 0 Å². The number of halogens is 3. The standard InChI is InChI=1S/C17H19F3N6/c1-5-16(3,4)26-9-13(10(2)25-26)23-15-21-8-12(17(18,19)20)14(24-15)22-11-6-7-11/h1,8-9,11H,6-7H2,2-4H3,(H2,21,22,23,24). The lowest BCUT2D eigenvalue weighted by molar-refractivity contribution is -0.137. The summed E-state index contributed by atoms with van der Waals surface area (Å²) in [5.41, 5.74) is -0.306. The van der Waals surface area contributed by atoms with Crippen molar-refractivity contribution in [2.45, 2.75) is 51.4 Å². The molecule has 138 valence electrons. The van der Waals surface area contributed by atoms with Gasteiger partial charge in [0.15, 0.2) is 0 Å². The Bertz CT molecular complexity index is 858. The minimum absolute atomic E-state index is 0.0276. The first-order chi connectivity index (χ1) is 12.1. The van der Waals surface area contributed by atoms with Crippen molar-refractivity contribution < 1.29 is 13.2 Å². The molecule has 0 aromatic carbocycles. The van der Waals surface area contributed by atoms with Crippen molar-refractivity contribution >= 4 is 17.5 Å². The first kappa shape index (κ1) is 18.0. The van der Waals surface area contributed by atoms with Crippen molar-refractivity contribution in [3.8, 4) is 12.3 Å². The number of hydrogen-bond donors (Lipinski definition) is 2. The molecule has 1 aliphatic rings. The molecule has 0 amide bonds. The number of nitrogens with one attached hydrogen (secondary N) is 2. The molecule has 0 saturated heterocycles. The average Bonchev–Trinajstić information content (AvgIpc) is 3.28. The molecule has 1 aliphatic carbocycles. The van der Waals surface area contributed by atoms with Gasteiger partial charge in [0, 0.05) is 12.2 Å². The molecule has 0 unspecified atom stereocenters. The van der Waals surface area contributed by atoms with Crippen molar-refractivity contribution in [3.63, 3.8) is 0 Å². The van der Waals surface area contributed by atoms with Gasteiger partial charge in [-0.05, 0) is 33.6 Å². The lowest BCUT2D eigenvalue weighted by atomic mass is 10.1. The molecule has 0 aliphatic heterocycles. The van der Waals surface area contributed by atoms with Gasteiger partial charge in [-0.15, -0.1) is 6.42 Å². The van der Waals surface area contributed by atoms with Gasteiger partial charge in [0.05, 0.1) is 17.6 Å². The Morgan fingerprint density at radius 1 is 1.31 bits per heavy atom. The van der Waals surface area contributed by atoms with Crippen LogP contribution in [-0.4, -0.2) is 25.8 Å². The fourth-order valence-electron chi connectivity index (χ4n) is 2.24. The minimum Gasteiger partial charge on any atom is -0.367 e. The summed E-state index contributed by atoms with van der Waals surface area (Å²) < 4.78 is 41.0. The second-order valence-electron chi connectivity index (χ2n) is 6.77. The summed E-state index contributed by atoms with van der Waals surface area (Å²) in [4.78, 5) is 7.82. The highest BCUT2D eigenvalue weighted by molar-refractivity contribution is 5.58. The lowest BCUT2D eigenvalue weighted by Crippen LogP contribution is -2.24. The van der Waals surface area contributed by atoms with E-state index in [4.69, 9.17) is 6.42 Å². The largest absolute Gasteiger partial charge is 0.421 e. The molecular formula is C17H19F3N6. The van der Waals surface area contributed by atoms with Gasteiger partial charge in [-0.1, -0.05) is 5.92 Å². The number of hydrogen-bond acceptors (Lipinski definition) is 5. The van der Waals surface area contributed by atoms with Crippen LogP contribution in [0.1, 0.15) is 37.9 Å². The third-order valence-corrected chi connectivity index (χ3v) is 4.08. The minimum atomic E-state index is -4.52. The second-order valence-corrected chi connectivity index (χ2v) is 6.77. The molecular weight excluding hydrogens is 345 g/mol. The molecule has 6 nitrogen and oxygen atoms in total. The van der Waals surface area contributed by atoms with Gasteiger partial charge in [0.1, 0.15) is 16.9 Å². The van der Waals surface area contributed by atoms with Gasteiger partial charge in [-0.25, -0.2) is 4.98 Å². The highest BCUT2D eigenvalue weighted by Crippen LogP contribution is 2.36. The fraction of sp³-hybridized carbons (Fsp3) is 0.471. The molecule has 26 heavy (non-hydrogen) atoms. The summed E-state index contributed by atoms with van der Waals surface area (Å²) in [6.07, 6.45) is 5.12. The number of alkyl halides is 3. The molecule has 0 spiro atoms. The van der Waals surface area contributed by atoms with Gasteiger partial charge in [0.25, 0.3) is 0 Å². The van der Waals surface area contributed by atoms with Crippen molar-refractivity contribution in [2.75, 3.05) is 10.6 Å². The molecule has 9 heteroatoms. The SMILES string of the molecule is C#CC(C)(C)n1cc(Nc2ncc(C(F)(F)F)c(NC3CC3)n2)c(C)n1. The van der Waals surface area contributed by atoms with Crippen LogP contribution in [0.15, 0.2) is 12.4 Å². The van der Waals surface area contributed by atoms with Crippen LogP contribution >= 0.6 is 0 Å². The smallest absolute Gasteiger partial charge is 0.367 e. The van der Waals surface area contributed by atoms with E-state index in [0.717, 1.165) is 19.0 Å². The zero-order valence-electron chi connectivity index (χ0n) is 14.6. The monoisotopic (exact) mass is 364 g/mol. The number of nitrogens with zero attached hydrogens (tertiary/aromatic N) is 4. The topological polar surface area (TPSA) is 67.7 Å². The summed E-state index contributed by atoms with van der Waals surface area (Å²) >= 11 is 0. The Morgan fingerprint density at radius 3 is 2.58 bits per heavy atom. The molecule has 0 radical (unpaired) electrons. The molecule has 2 aromatic rings. The van der Waals surface area contributed by atoms with Crippen LogP contribution in [0.5, 0.6) is 0 Å². The molecule has 1 fully saturated rings. The van der Waals surface area contributed by atoms with Crippen LogP contribution in [0.2, 0.25) is 0 Å². The molecule has 2 N–H and O–H groups in total. The zero-order chi connectivity index (χ0) is 19.1. The van der Waals surface area contributed by atoms with E-state index in [1.807, 2.05) is 13.8 Å². The van der Waals surface area contributed by atoms with Crippen molar-refractivity contribution in [2.24, 2.45) is 0 Å². The summed E-state index contributed by atoms with van der Waals surface area (Å²) in [6, 6.07) is 0.0276. The van der Waals surface area contributed by atoms with Crippen LogP contribution in [-0.2, 0) is 11.7 Å². The Kier molecular flexibility index (Phi) is 4.30.